The van der Waals surface area contributed by atoms with E-state index in [0.29, 0.717) is 48.5 Å². The van der Waals surface area contributed by atoms with Crippen molar-refractivity contribution in [2.45, 2.75) is 52.0 Å². The van der Waals surface area contributed by atoms with Gasteiger partial charge in [0.2, 0.25) is 5.88 Å². The van der Waals surface area contributed by atoms with Crippen LogP contribution in [0, 0.1) is 6.92 Å². The zero-order valence-electron chi connectivity index (χ0n) is 23.4. The summed E-state index contributed by atoms with van der Waals surface area (Å²) in [6.45, 7) is 9.70. The molecule has 0 aromatic carbocycles. The highest BCUT2D eigenvalue weighted by molar-refractivity contribution is 7.89. The Kier molecular flexibility index (Phi) is 7.30. The van der Waals surface area contributed by atoms with E-state index in [1.54, 1.807) is 23.2 Å². The van der Waals surface area contributed by atoms with E-state index in [4.69, 9.17) is 9.47 Å². The number of nitrogens with zero attached hydrogens (tertiary/aromatic N) is 5. The van der Waals surface area contributed by atoms with Crippen molar-refractivity contribution in [1.82, 2.24) is 15.0 Å². The lowest BCUT2D eigenvalue weighted by atomic mass is 10.0. The molecule has 0 atom stereocenters. The van der Waals surface area contributed by atoms with Crippen LogP contribution in [0.5, 0.6) is 5.88 Å². The summed E-state index contributed by atoms with van der Waals surface area (Å²) < 4.78 is 34.5. The smallest absolute Gasteiger partial charge is 0.415 e. The van der Waals surface area contributed by atoms with Gasteiger partial charge in [-0.1, -0.05) is 0 Å². The van der Waals surface area contributed by atoms with Gasteiger partial charge < -0.3 is 19.7 Å². The summed E-state index contributed by atoms with van der Waals surface area (Å²) in [6, 6.07) is 5.50. The maximum atomic E-state index is 13.0. The second kappa shape index (κ2) is 10.6. The first-order chi connectivity index (χ1) is 18.9. The summed E-state index contributed by atoms with van der Waals surface area (Å²) in [7, 11) is -3.15. The van der Waals surface area contributed by atoms with E-state index in [2.05, 4.69) is 25.2 Å². The molecule has 11 nitrogen and oxygen atoms in total. The van der Waals surface area contributed by atoms with Gasteiger partial charge in [-0.15, -0.1) is 0 Å². The number of hydrogen-bond donors (Lipinski definition) is 1. The number of aromatic nitrogens is 3. The second-order valence-corrected chi connectivity index (χ2v) is 13.3. The summed E-state index contributed by atoms with van der Waals surface area (Å²) in [5.41, 5.74) is 5.38. The van der Waals surface area contributed by atoms with Crippen LogP contribution < -0.4 is 19.9 Å². The van der Waals surface area contributed by atoms with Crippen LogP contribution in [0.15, 0.2) is 36.8 Å². The van der Waals surface area contributed by atoms with Gasteiger partial charge in [-0.3, -0.25) is 9.88 Å². The number of ether oxygens (including phenoxy) is 2. The number of nitrogens with one attached hydrogen (secondary N) is 1. The lowest BCUT2D eigenvalue weighted by Crippen LogP contribution is -2.42. The highest BCUT2D eigenvalue weighted by atomic mass is 32.2. The Morgan fingerprint density at radius 1 is 1.10 bits per heavy atom. The monoisotopic (exact) mass is 566 g/mol. The van der Waals surface area contributed by atoms with Gasteiger partial charge in [0.15, 0.2) is 9.84 Å². The maximum Gasteiger partial charge on any atom is 0.415 e. The Bertz CT molecular complexity index is 1540. The Morgan fingerprint density at radius 3 is 2.60 bits per heavy atom. The van der Waals surface area contributed by atoms with Gasteiger partial charge in [-0.25, -0.2) is 23.2 Å². The molecule has 3 aromatic rings. The molecule has 12 heteroatoms. The molecule has 2 aliphatic rings. The molecule has 5 heterocycles. The van der Waals surface area contributed by atoms with Crippen molar-refractivity contribution in [2.75, 3.05) is 41.1 Å². The average molecular weight is 567 g/mol. The molecule has 2 aliphatic heterocycles. The van der Waals surface area contributed by atoms with Crippen LogP contribution in [-0.4, -0.2) is 61.0 Å². The van der Waals surface area contributed by atoms with Crippen LogP contribution >= 0.6 is 0 Å². The van der Waals surface area contributed by atoms with Crippen molar-refractivity contribution < 1.29 is 22.7 Å². The molecule has 212 valence electrons. The minimum atomic E-state index is -3.15. The van der Waals surface area contributed by atoms with Gasteiger partial charge in [0, 0.05) is 31.1 Å². The van der Waals surface area contributed by atoms with Crippen molar-refractivity contribution in [3.8, 4) is 5.88 Å². The minimum Gasteiger partial charge on any atom is -0.474 e. The lowest BCUT2D eigenvalue weighted by Gasteiger charge is -2.35. The quantitative estimate of drug-likeness (QED) is 0.481. The van der Waals surface area contributed by atoms with E-state index in [0.717, 1.165) is 29.8 Å². The Balaban J connectivity index is 1.35. The average Bonchev–Trinajstić information content (AvgIpc) is 2.87. The van der Waals surface area contributed by atoms with Crippen LogP contribution in [0.2, 0.25) is 0 Å². The zero-order chi connectivity index (χ0) is 28.7. The van der Waals surface area contributed by atoms with Crippen molar-refractivity contribution in [3.63, 3.8) is 0 Å². The number of amides is 1. The fourth-order valence-corrected chi connectivity index (χ4v) is 5.57. The molecule has 1 N–H and O–H groups in total. The van der Waals surface area contributed by atoms with Crippen LogP contribution in [0.4, 0.5) is 27.7 Å². The molecular formula is C28H34N6O5S. The minimum absolute atomic E-state index is 0.0984. The van der Waals surface area contributed by atoms with Crippen LogP contribution in [-0.2, 0) is 33.3 Å². The second-order valence-electron chi connectivity index (χ2n) is 11.1. The summed E-state index contributed by atoms with van der Waals surface area (Å²) in [5, 5.41) is 3.26. The van der Waals surface area contributed by atoms with Gasteiger partial charge >= 0.3 is 6.09 Å². The molecule has 0 fully saturated rings. The molecular weight excluding hydrogens is 532 g/mol. The van der Waals surface area contributed by atoms with Crippen LogP contribution in [0.1, 0.15) is 43.2 Å². The van der Waals surface area contributed by atoms with Gasteiger partial charge in [0.05, 0.1) is 41.8 Å². The molecule has 0 saturated heterocycles. The van der Waals surface area contributed by atoms with Gasteiger partial charge in [-0.2, -0.15) is 0 Å². The van der Waals surface area contributed by atoms with Crippen molar-refractivity contribution in [2.24, 2.45) is 0 Å². The number of rotatable bonds is 5. The Morgan fingerprint density at radius 2 is 1.90 bits per heavy atom. The predicted octanol–water partition coefficient (Wildman–Crippen LogP) is 4.16. The number of carbonyl (C=O) groups excluding carboxylic acids is 1. The molecule has 0 bridgehead atoms. The molecule has 1 amide bonds. The first kappa shape index (κ1) is 27.6. The van der Waals surface area contributed by atoms with Gasteiger partial charge in [0.1, 0.15) is 23.7 Å². The largest absolute Gasteiger partial charge is 0.474 e. The molecule has 0 aliphatic carbocycles. The third kappa shape index (κ3) is 6.27. The van der Waals surface area contributed by atoms with Crippen LogP contribution in [0.25, 0.3) is 0 Å². The van der Waals surface area contributed by atoms with E-state index in [1.165, 1.54) is 11.8 Å². The SMILES string of the molecule is Cc1c(N2CCc3cnc(Nc4ccc(CS(C)(=O)=O)nc4)cc3C2)cnc2c1N(C(=O)OC(C)(C)C)CCO2. The van der Waals surface area contributed by atoms with Crippen molar-refractivity contribution in [3.05, 3.63) is 59.2 Å². The first-order valence-electron chi connectivity index (χ1n) is 13.1. The number of fused-ring (bicyclic) bond motifs is 2. The summed E-state index contributed by atoms with van der Waals surface area (Å²) >= 11 is 0. The van der Waals surface area contributed by atoms with Crippen molar-refractivity contribution in [1.29, 1.82) is 0 Å². The number of carbonyl (C=O) groups is 1. The van der Waals surface area contributed by atoms with Crippen LogP contribution in [0.3, 0.4) is 0 Å². The molecule has 0 radical (unpaired) electrons. The molecule has 5 rings (SSSR count). The van der Waals surface area contributed by atoms with E-state index >= 15 is 0 Å². The predicted molar refractivity (Wildman–Crippen MR) is 153 cm³/mol. The first-order valence-corrected chi connectivity index (χ1v) is 15.2. The third-order valence-electron chi connectivity index (χ3n) is 6.63. The molecule has 0 spiro atoms. The molecule has 40 heavy (non-hydrogen) atoms. The van der Waals surface area contributed by atoms with Gasteiger partial charge in [0.25, 0.3) is 0 Å². The van der Waals surface area contributed by atoms with E-state index in [1.807, 2.05) is 46.2 Å². The Hall–Kier alpha value is -3.93. The summed E-state index contributed by atoms with van der Waals surface area (Å²) in [4.78, 5) is 30.2. The van der Waals surface area contributed by atoms with E-state index in [9.17, 15) is 13.2 Å². The van der Waals surface area contributed by atoms with Gasteiger partial charge in [-0.05, 0) is 63.4 Å². The van der Waals surface area contributed by atoms with Crippen molar-refractivity contribution >= 4 is 38.8 Å². The molecule has 3 aromatic heterocycles. The molecule has 0 saturated carbocycles. The summed E-state index contributed by atoms with van der Waals surface area (Å²) in [6.07, 6.45) is 6.89. The normalized spacial score (nSPS) is 15.1. The fraction of sp³-hybridized carbons (Fsp3) is 0.429. The van der Waals surface area contributed by atoms with E-state index < -0.39 is 21.5 Å². The third-order valence-corrected chi connectivity index (χ3v) is 7.45. The van der Waals surface area contributed by atoms with E-state index in [-0.39, 0.29) is 5.75 Å². The number of pyridine rings is 3. The highest BCUT2D eigenvalue weighted by Crippen LogP contribution is 2.40. The fourth-order valence-electron chi connectivity index (χ4n) is 4.86. The highest BCUT2D eigenvalue weighted by Gasteiger charge is 2.32. The number of anilines is 4. The lowest BCUT2D eigenvalue weighted by molar-refractivity contribution is 0.0566. The zero-order valence-corrected chi connectivity index (χ0v) is 24.2. The Labute approximate surface area is 234 Å². The maximum absolute atomic E-state index is 13.0. The standard InChI is InChI=1S/C28H34N6O5S/c1-18-23(15-31-26-25(18)34(10-11-38-26)27(35)39-28(2,3)4)33-9-8-19-13-30-24(12-20(19)16-33)32-21-6-7-22(29-14-21)17-40(5,36)37/h6-7,12-15H,8-11,16-17H2,1-5H3,(H,30,32). The summed E-state index contributed by atoms with van der Waals surface area (Å²) in [5.74, 6) is 1.00. The molecule has 0 unspecified atom stereocenters. The number of sulfone groups is 1. The topological polar surface area (TPSA) is 127 Å². The number of hydrogen-bond acceptors (Lipinski definition) is 10.